The molecule has 0 aliphatic carbocycles. The molecule has 0 saturated heterocycles. The van der Waals surface area contributed by atoms with Gasteiger partial charge in [-0.2, -0.15) is 0 Å². The molecule has 4 nitrogen and oxygen atoms in total. The SMILES string of the molecule is Cc1ccc(NC(=O)c2ccc(Cl)o2)c(N)c1. The van der Waals surface area contributed by atoms with Crippen LogP contribution in [-0.4, -0.2) is 5.91 Å². The van der Waals surface area contributed by atoms with Gasteiger partial charge in [0.2, 0.25) is 0 Å². The van der Waals surface area contributed by atoms with E-state index in [0.717, 1.165) is 5.56 Å². The van der Waals surface area contributed by atoms with E-state index >= 15 is 0 Å². The first-order valence-electron chi connectivity index (χ1n) is 4.99. The molecule has 0 fully saturated rings. The molecule has 0 bridgehead atoms. The van der Waals surface area contributed by atoms with Crippen LogP contribution >= 0.6 is 11.6 Å². The highest BCUT2D eigenvalue weighted by Crippen LogP contribution is 2.21. The molecule has 0 radical (unpaired) electrons. The molecule has 1 aromatic carbocycles. The van der Waals surface area contributed by atoms with Crippen LogP contribution in [0.25, 0.3) is 0 Å². The van der Waals surface area contributed by atoms with Gasteiger partial charge in [-0.3, -0.25) is 4.79 Å². The second-order valence-corrected chi connectivity index (χ2v) is 4.02. The minimum atomic E-state index is -0.382. The third-order valence-electron chi connectivity index (χ3n) is 2.25. The summed E-state index contributed by atoms with van der Waals surface area (Å²) in [5.41, 5.74) is 7.87. The van der Waals surface area contributed by atoms with Crippen molar-refractivity contribution in [2.75, 3.05) is 11.1 Å². The molecule has 0 aliphatic rings. The van der Waals surface area contributed by atoms with E-state index < -0.39 is 0 Å². The number of nitrogens with one attached hydrogen (secondary N) is 1. The number of hydrogen-bond donors (Lipinski definition) is 2. The first-order chi connectivity index (χ1) is 8.06. The highest BCUT2D eigenvalue weighted by Gasteiger charge is 2.11. The number of furan rings is 1. The molecule has 5 heteroatoms. The number of amides is 1. The summed E-state index contributed by atoms with van der Waals surface area (Å²) in [6.07, 6.45) is 0. The number of benzene rings is 1. The molecule has 3 N–H and O–H groups in total. The van der Waals surface area contributed by atoms with E-state index in [2.05, 4.69) is 5.32 Å². The molecule has 1 amide bonds. The Bertz CT molecular complexity index is 563. The zero-order valence-corrected chi connectivity index (χ0v) is 9.91. The van der Waals surface area contributed by atoms with Crippen molar-refractivity contribution >= 4 is 28.9 Å². The summed E-state index contributed by atoms with van der Waals surface area (Å²) in [5, 5.41) is 2.82. The monoisotopic (exact) mass is 250 g/mol. The normalized spacial score (nSPS) is 10.2. The topological polar surface area (TPSA) is 68.3 Å². The maximum absolute atomic E-state index is 11.7. The van der Waals surface area contributed by atoms with Crippen molar-refractivity contribution in [3.05, 3.63) is 46.9 Å². The largest absolute Gasteiger partial charge is 0.440 e. The van der Waals surface area contributed by atoms with E-state index in [1.165, 1.54) is 12.1 Å². The third-order valence-corrected chi connectivity index (χ3v) is 2.46. The van der Waals surface area contributed by atoms with Crippen molar-refractivity contribution in [2.24, 2.45) is 0 Å². The Labute approximate surface area is 103 Å². The number of nitrogens with two attached hydrogens (primary N) is 1. The Balaban J connectivity index is 2.18. The predicted octanol–water partition coefficient (Wildman–Crippen LogP) is 3.08. The van der Waals surface area contributed by atoms with Gasteiger partial charge in [0.15, 0.2) is 11.0 Å². The lowest BCUT2D eigenvalue weighted by atomic mass is 10.2. The maximum Gasteiger partial charge on any atom is 0.291 e. The average Bonchev–Trinajstić information content (AvgIpc) is 2.69. The van der Waals surface area contributed by atoms with Gasteiger partial charge in [-0.15, -0.1) is 0 Å². The molecule has 1 aromatic heterocycles. The van der Waals surface area contributed by atoms with Crippen LogP contribution in [0.3, 0.4) is 0 Å². The minimum Gasteiger partial charge on any atom is -0.440 e. The van der Waals surface area contributed by atoms with Gasteiger partial charge in [-0.25, -0.2) is 0 Å². The molecule has 0 atom stereocenters. The maximum atomic E-state index is 11.7. The molecule has 2 rings (SSSR count). The van der Waals surface area contributed by atoms with Gasteiger partial charge in [-0.05, 0) is 48.4 Å². The molecule has 0 spiro atoms. The number of aryl methyl sites for hydroxylation is 1. The van der Waals surface area contributed by atoms with Crippen LogP contribution in [0.2, 0.25) is 5.22 Å². The lowest BCUT2D eigenvalue weighted by Crippen LogP contribution is -2.12. The van der Waals surface area contributed by atoms with Crippen LogP contribution in [0.15, 0.2) is 34.7 Å². The Kier molecular flexibility index (Phi) is 3.06. The number of nitrogen functional groups attached to an aromatic ring is 1. The Morgan fingerprint density at radius 2 is 2.12 bits per heavy atom. The van der Waals surface area contributed by atoms with Crippen molar-refractivity contribution in [1.82, 2.24) is 0 Å². The molecule has 0 unspecified atom stereocenters. The van der Waals surface area contributed by atoms with E-state index in [0.29, 0.717) is 11.4 Å². The highest BCUT2D eigenvalue weighted by molar-refractivity contribution is 6.29. The zero-order chi connectivity index (χ0) is 12.4. The molecular weight excluding hydrogens is 240 g/mol. The van der Waals surface area contributed by atoms with Gasteiger partial charge in [-0.1, -0.05) is 6.07 Å². The molecule has 17 heavy (non-hydrogen) atoms. The van der Waals surface area contributed by atoms with E-state index in [1.54, 1.807) is 12.1 Å². The Hall–Kier alpha value is -1.94. The zero-order valence-electron chi connectivity index (χ0n) is 9.16. The molecule has 1 heterocycles. The van der Waals surface area contributed by atoms with E-state index in [-0.39, 0.29) is 16.9 Å². The van der Waals surface area contributed by atoms with Crippen molar-refractivity contribution in [3.8, 4) is 0 Å². The summed E-state index contributed by atoms with van der Waals surface area (Å²) in [4.78, 5) is 11.7. The summed E-state index contributed by atoms with van der Waals surface area (Å²) in [6, 6.07) is 8.40. The number of carbonyl (C=O) groups excluding carboxylic acids is 1. The van der Waals surface area contributed by atoms with Crippen molar-refractivity contribution < 1.29 is 9.21 Å². The van der Waals surface area contributed by atoms with Gasteiger partial charge in [0.25, 0.3) is 5.91 Å². The Morgan fingerprint density at radius 3 is 2.71 bits per heavy atom. The van der Waals surface area contributed by atoms with Crippen LogP contribution in [0, 0.1) is 6.92 Å². The number of anilines is 2. The summed E-state index contributed by atoms with van der Waals surface area (Å²) in [7, 11) is 0. The molecule has 2 aromatic rings. The van der Waals surface area contributed by atoms with Crippen LogP contribution in [-0.2, 0) is 0 Å². The van der Waals surface area contributed by atoms with Crippen molar-refractivity contribution in [3.63, 3.8) is 0 Å². The van der Waals surface area contributed by atoms with Crippen LogP contribution in [0.4, 0.5) is 11.4 Å². The van der Waals surface area contributed by atoms with Gasteiger partial charge in [0.05, 0.1) is 11.4 Å². The van der Waals surface area contributed by atoms with E-state index in [4.69, 9.17) is 21.8 Å². The number of rotatable bonds is 2. The smallest absolute Gasteiger partial charge is 0.291 e. The average molecular weight is 251 g/mol. The van der Waals surface area contributed by atoms with E-state index in [1.807, 2.05) is 13.0 Å². The minimum absolute atomic E-state index is 0.148. The summed E-state index contributed by atoms with van der Waals surface area (Å²) in [5.74, 6) is -0.234. The standard InChI is InChI=1S/C12H11ClN2O2/c1-7-2-3-9(8(14)6-7)15-12(16)10-4-5-11(13)17-10/h2-6H,14H2,1H3,(H,15,16). The summed E-state index contributed by atoms with van der Waals surface area (Å²) >= 11 is 5.59. The second-order valence-electron chi connectivity index (χ2n) is 3.65. The fourth-order valence-corrected chi connectivity index (χ4v) is 1.56. The first kappa shape index (κ1) is 11.5. The van der Waals surface area contributed by atoms with Crippen molar-refractivity contribution in [1.29, 1.82) is 0 Å². The summed E-state index contributed by atoms with van der Waals surface area (Å²) < 4.78 is 4.99. The number of hydrogen-bond acceptors (Lipinski definition) is 3. The molecule has 88 valence electrons. The summed E-state index contributed by atoms with van der Waals surface area (Å²) in [6.45, 7) is 1.92. The number of halogens is 1. The first-order valence-corrected chi connectivity index (χ1v) is 5.37. The third kappa shape index (κ3) is 2.60. The lowest BCUT2D eigenvalue weighted by molar-refractivity contribution is 0.0997. The second kappa shape index (κ2) is 4.51. The quantitative estimate of drug-likeness (QED) is 0.805. The van der Waals surface area contributed by atoms with Crippen LogP contribution in [0.1, 0.15) is 16.1 Å². The fraction of sp³-hybridized carbons (Fsp3) is 0.0833. The van der Waals surface area contributed by atoms with Crippen LogP contribution in [0.5, 0.6) is 0 Å². The fourth-order valence-electron chi connectivity index (χ4n) is 1.42. The molecule has 0 saturated carbocycles. The molecule has 0 aliphatic heterocycles. The van der Waals surface area contributed by atoms with E-state index in [9.17, 15) is 4.79 Å². The van der Waals surface area contributed by atoms with Crippen molar-refractivity contribution in [2.45, 2.75) is 6.92 Å². The van der Waals surface area contributed by atoms with Gasteiger partial charge in [0.1, 0.15) is 0 Å². The van der Waals surface area contributed by atoms with Gasteiger partial charge >= 0.3 is 0 Å². The number of carbonyl (C=O) groups is 1. The van der Waals surface area contributed by atoms with Gasteiger partial charge < -0.3 is 15.5 Å². The highest BCUT2D eigenvalue weighted by atomic mass is 35.5. The predicted molar refractivity (Wildman–Crippen MR) is 67.3 cm³/mol. The van der Waals surface area contributed by atoms with Gasteiger partial charge in [0, 0.05) is 0 Å². The van der Waals surface area contributed by atoms with Crippen LogP contribution < -0.4 is 11.1 Å². The lowest BCUT2D eigenvalue weighted by Gasteiger charge is -2.07. The Morgan fingerprint density at radius 1 is 1.35 bits per heavy atom. The molecular formula is C12H11ClN2O2.